The van der Waals surface area contributed by atoms with Crippen LogP contribution in [0.1, 0.15) is 0 Å². The van der Waals surface area contributed by atoms with Gasteiger partial charge < -0.3 is 0 Å². The Morgan fingerprint density at radius 1 is 0.846 bits per heavy atom. The first kappa shape index (κ1) is 7.80. The van der Waals surface area contributed by atoms with E-state index < -0.39 is 0 Å². The van der Waals surface area contributed by atoms with Crippen molar-refractivity contribution in [1.29, 1.82) is 0 Å². The highest BCUT2D eigenvalue weighted by Gasteiger charge is 2.08. The number of benzene rings is 1. The first-order valence-electron chi connectivity index (χ1n) is 4.05. The lowest BCUT2D eigenvalue weighted by atomic mass is 10.3. The van der Waals surface area contributed by atoms with E-state index in [0.717, 1.165) is 5.75 Å². The maximum Gasteiger partial charge on any atom is 0.524 e. The van der Waals surface area contributed by atoms with E-state index in [1.54, 1.807) is 18.4 Å². The summed E-state index contributed by atoms with van der Waals surface area (Å²) >= 11 is 0. The molecular weight excluding hydrogens is 164 g/mol. The minimum atomic E-state index is 0.494. The number of hydrogen-bond donors (Lipinski definition) is 0. The van der Waals surface area contributed by atoms with Crippen molar-refractivity contribution in [2.75, 3.05) is 0 Å². The Morgan fingerprint density at radius 3 is 2.31 bits per heavy atom. The molecule has 1 aromatic carbocycles. The highest BCUT2D eigenvalue weighted by molar-refractivity contribution is 5.24. The average Bonchev–Trinajstić information content (AvgIpc) is 2.21. The van der Waals surface area contributed by atoms with E-state index in [1.165, 1.54) is 0 Å². The second-order valence-corrected chi connectivity index (χ2v) is 2.54. The van der Waals surface area contributed by atoms with Crippen LogP contribution in [0.3, 0.4) is 0 Å². The molecule has 0 spiro atoms. The summed E-state index contributed by atoms with van der Waals surface area (Å²) in [4.78, 5) is 0. The minimum Gasteiger partial charge on any atom is -0.282 e. The van der Waals surface area contributed by atoms with Crippen LogP contribution in [0.4, 0.5) is 0 Å². The number of rotatable bonds is 2. The van der Waals surface area contributed by atoms with Crippen molar-refractivity contribution in [2.45, 2.75) is 0 Å². The van der Waals surface area contributed by atoms with Gasteiger partial charge in [0.2, 0.25) is 12.0 Å². The molecule has 0 aliphatic carbocycles. The van der Waals surface area contributed by atoms with E-state index in [4.69, 9.17) is 9.15 Å². The van der Waals surface area contributed by atoms with Crippen molar-refractivity contribution in [2.24, 2.45) is 0 Å². The average molecular weight is 173 g/mol. The maximum absolute atomic E-state index is 5.41. The van der Waals surface area contributed by atoms with Crippen LogP contribution in [-0.4, -0.2) is 0 Å². The van der Waals surface area contributed by atoms with Crippen LogP contribution in [0.2, 0.25) is 0 Å². The molecule has 1 heterocycles. The molecule has 0 aliphatic heterocycles. The lowest BCUT2D eigenvalue weighted by Gasteiger charge is -1.90. The second-order valence-electron chi connectivity index (χ2n) is 2.54. The van der Waals surface area contributed by atoms with E-state index >= 15 is 0 Å². The molecule has 1 aromatic heterocycles. The molecule has 13 heavy (non-hydrogen) atoms. The minimum absolute atomic E-state index is 0.494. The Balaban J connectivity index is 2.16. The summed E-state index contributed by atoms with van der Waals surface area (Å²) in [5.41, 5.74) is 0. The lowest BCUT2D eigenvalue weighted by Crippen LogP contribution is -1.81. The molecule has 2 aromatic rings. The zero-order chi connectivity index (χ0) is 8.93. The summed E-state index contributed by atoms with van der Waals surface area (Å²) < 4.78 is 10.5. The molecule has 0 amide bonds. The smallest absolute Gasteiger partial charge is 0.282 e. The topological polar surface area (TPSA) is 20.5 Å². The van der Waals surface area contributed by atoms with Crippen molar-refractivity contribution < 1.29 is 9.15 Å². The fourth-order valence-corrected chi connectivity index (χ4v) is 0.988. The monoisotopic (exact) mass is 173 g/mol. The van der Waals surface area contributed by atoms with Crippen molar-refractivity contribution in [3.05, 3.63) is 54.8 Å². The van der Waals surface area contributed by atoms with Crippen LogP contribution in [0.25, 0.3) is 0 Å². The Hall–Kier alpha value is -1.83. The fourth-order valence-electron chi connectivity index (χ4n) is 0.988. The van der Waals surface area contributed by atoms with Gasteiger partial charge in [-0.05, 0) is 6.07 Å². The zero-order valence-corrected chi connectivity index (χ0v) is 7.01. The van der Waals surface area contributed by atoms with E-state index in [9.17, 15) is 0 Å². The zero-order valence-electron chi connectivity index (χ0n) is 7.01. The highest BCUT2D eigenvalue weighted by atomic mass is 16.6. The standard InChI is InChI=1S/C11H9O2/c1-2-6-10(7-3-1)13-11-8-4-5-9-12-11/h1-9H/q+1. The Kier molecular flexibility index (Phi) is 2.23. The van der Waals surface area contributed by atoms with Crippen LogP contribution in [0.15, 0.2) is 59.2 Å². The summed E-state index contributed by atoms with van der Waals surface area (Å²) in [6, 6.07) is 15.0. The molecule has 0 N–H and O–H groups in total. The van der Waals surface area contributed by atoms with Gasteiger partial charge in [0.1, 0.15) is 0 Å². The molecule has 0 saturated carbocycles. The van der Waals surface area contributed by atoms with Crippen molar-refractivity contribution >= 4 is 0 Å². The normalized spacial score (nSPS) is 9.54. The predicted molar refractivity (Wildman–Crippen MR) is 49.6 cm³/mol. The summed E-state index contributed by atoms with van der Waals surface area (Å²) in [7, 11) is 0. The van der Waals surface area contributed by atoms with Gasteiger partial charge in [-0.25, -0.2) is 0 Å². The van der Waals surface area contributed by atoms with Crippen LogP contribution in [-0.2, 0) is 0 Å². The van der Waals surface area contributed by atoms with E-state index in [-0.39, 0.29) is 0 Å². The molecule has 0 atom stereocenters. The van der Waals surface area contributed by atoms with Gasteiger partial charge in [0.25, 0.3) is 0 Å². The third kappa shape index (κ3) is 2.06. The lowest BCUT2D eigenvalue weighted by molar-refractivity contribution is 0.337. The van der Waals surface area contributed by atoms with Crippen LogP contribution < -0.4 is 4.74 Å². The highest BCUT2D eigenvalue weighted by Crippen LogP contribution is 2.19. The molecular formula is C11H9O2+. The van der Waals surface area contributed by atoms with E-state index in [0.29, 0.717) is 5.95 Å². The molecule has 2 rings (SSSR count). The van der Waals surface area contributed by atoms with Gasteiger partial charge in [-0.3, -0.25) is 9.15 Å². The van der Waals surface area contributed by atoms with Crippen molar-refractivity contribution in [1.82, 2.24) is 0 Å². The van der Waals surface area contributed by atoms with Crippen LogP contribution >= 0.6 is 0 Å². The summed E-state index contributed by atoms with van der Waals surface area (Å²) in [6.07, 6.45) is 1.58. The van der Waals surface area contributed by atoms with E-state index in [1.807, 2.05) is 36.4 Å². The first-order chi connectivity index (χ1) is 6.45. The van der Waals surface area contributed by atoms with Crippen molar-refractivity contribution in [3.63, 3.8) is 0 Å². The van der Waals surface area contributed by atoms with Crippen molar-refractivity contribution in [3.8, 4) is 11.7 Å². The maximum atomic E-state index is 5.41. The fraction of sp³-hybridized carbons (Fsp3) is 0. The molecule has 64 valence electrons. The number of para-hydroxylation sites is 1. The third-order valence-electron chi connectivity index (χ3n) is 1.57. The van der Waals surface area contributed by atoms with Gasteiger partial charge in [-0.2, -0.15) is 0 Å². The predicted octanol–water partition coefficient (Wildman–Crippen LogP) is 3.35. The Labute approximate surface area is 76.4 Å². The molecule has 0 radical (unpaired) electrons. The van der Waals surface area contributed by atoms with Crippen LogP contribution in [0.5, 0.6) is 11.7 Å². The molecule has 0 bridgehead atoms. The van der Waals surface area contributed by atoms with E-state index in [2.05, 4.69) is 0 Å². The van der Waals surface area contributed by atoms with Gasteiger partial charge in [-0.15, -0.1) is 0 Å². The first-order valence-corrected chi connectivity index (χ1v) is 4.05. The molecule has 0 aliphatic rings. The van der Waals surface area contributed by atoms with Gasteiger partial charge in [-0.1, -0.05) is 18.2 Å². The van der Waals surface area contributed by atoms with Gasteiger partial charge in [0.15, 0.2) is 0 Å². The quantitative estimate of drug-likeness (QED) is 0.649. The van der Waals surface area contributed by atoms with Gasteiger partial charge in [0.05, 0.1) is 6.07 Å². The summed E-state index contributed by atoms with van der Waals surface area (Å²) in [5, 5.41) is 0. The summed E-state index contributed by atoms with van der Waals surface area (Å²) in [6.45, 7) is 0. The molecule has 0 fully saturated rings. The molecule has 2 heteroatoms. The SMILES string of the molecule is c1ccc(Oc2cccc[o+]2)cc1. The second kappa shape index (κ2) is 3.72. The largest absolute Gasteiger partial charge is 0.524 e. The van der Waals surface area contributed by atoms with Gasteiger partial charge >= 0.3 is 5.95 Å². The Bertz CT molecular complexity index is 319. The Morgan fingerprint density at radius 2 is 1.62 bits per heavy atom. The molecule has 2 nitrogen and oxygen atoms in total. The molecule has 0 unspecified atom stereocenters. The number of ether oxygens (including phenoxy) is 1. The summed E-state index contributed by atoms with van der Waals surface area (Å²) in [5.74, 6) is 1.27. The molecule has 0 saturated heterocycles. The van der Waals surface area contributed by atoms with Gasteiger partial charge in [0, 0.05) is 18.2 Å². The third-order valence-corrected chi connectivity index (χ3v) is 1.57. The van der Waals surface area contributed by atoms with Crippen LogP contribution in [0, 0.1) is 0 Å². The number of hydrogen-bond acceptors (Lipinski definition) is 1.